The minimum atomic E-state index is -0.711. The summed E-state index contributed by atoms with van der Waals surface area (Å²) < 4.78 is 15.6. The quantitative estimate of drug-likeness (QED) is 0.261. The molecule has 3 aromatic rings. The number of amides is 1. The van der Waals surface area contributed by atoms with Gasteiger partial charge in [0.25, 0.3) is 5.91 Å². The summed E-state index contributed by atoms with van der Waals surface area (Å²) in [4.78, 5) is 53.5. The van der Waals surface area contributed by atoms with E-state index in [4.69, 9.17) is 25.8 Å². The molecule has 1 amide bonds. The Morgan fingerprint density at radius 2 is 1.53 bits per heavy atom. The van der Waals surface area contributed by atoms with Gasteiger partial charge in [0.2, 0.25) is 0 Å². The zero-order chi connectivity index (χ0) is 27.7. The standard InChI is InChI=1S/C28H29ClN2O7/c1-4-36-27(34)24-17(3)25(28(35)37-5-2)30-22(24)16-38-23(32)15-21(18-11-7-6-8-12-18)31-26(33)19-13-9-10-14-20(19)29/h6-14,21,30H,4-5,15-16H2,1-3H3,(H,31,33)/t21-/m0/s1. The Balaban J connectivity index is 1.79. The predicted molar refractivity (Wildman–Crippen MR) is 140 cm³/mol. The topological polar surface area (TPSA) is 124 Å². The molecule has 3 rings (SSSR count). The number of H-pyrrole nitrogens is 1. The van der Waals surface area contributed by atoms with Crippen molar-refractivity contribution in [1.29, 1.82) is 0 Å². The molecule has 2 N–H and O–H groups in total. The Labute approximate surface area is 225 Å². The van der Waals surface area contributed by atoms with Crippen molar-refractivity contribution >= 4 is 35.4 Å². The first-order valence-electron chi connectivity index (χ1n) is 12.1. The number of halogens is 1. The first kappa shape index (κ1) is 28.5. The molecule has 0 bridgehead atoms. The predicted octanol–water partition coefficient (Wildman–Crippen LogP) is 4.93. The fourth-order valence-corrected chi connectivity index (χ4v) is 4.07. The van der Waals surface area contributed by atoms with E-state index >= 15 is 0 Å². The summed E-state index contributed by atoms with van der Waals surface area (Å²) in [6.45, 7) is 4.85. The summed E-state index contributed by atoms with van der Waals surface area (Å²) in [6.07, 6.45) is -0.195. The molecule has 1 aromatic heterocycles. The number of carbonyl (C=O) groups excluding carboxylic acids is 4. The van der Waals surface area contributed by atoms with Gasteiger partial charge in [0.1, 0.15) is 12.3 Å². The number of carbonyl (C=O) groups is 4. The van der Waals surface area contributed by atoms with Gasteiger partial charge in [-0.15, -0.1) is 0 Å². The zero-order valence-electron chi connectivity index (χ0n) is 21.3. The Morgan fingerprint density at radius 1 is 0.895 bits per heavy atom. The van der Waals surface area contributed by atoms with Crippen LogP contribution < -0.4 is 5.32 Å². The van der Waals surface area contributed by atoms with Crippen LogP contribution in [0.1, 0.15) is 74.3 Å². The molecule has 0 radical (unpaired) electrons. The van der Waals surface area contributed by atoms with Crippen molar-refractivity contribution in [2.45, 2.75) is 39.8 Å². The van der Waals surface area contributed by atoms with Gasteiger partial charge >= 0.3 is 17.9 Å². The summed E-state index contributed by atoms with van der Waals surface area (Å²) in [7, 11) is 0. The third-order valence-electron chi connectivity index (χ3n) is 5.66. The maximum atomic E-state index is 12.9. The van der Waals surface area contributed by atoms with Crippen LogP contribution in [0, 0.1) is 6.92 Å². The molecular weight excluding hydrogens is 512 g/mol. The molecule has 200 valence electrons. The molecule has 2 aromatic carbocycles. The number of aromatic amines is 1. The van der Waals surface area contributed by atoms with Crippen LogP contribution in [0.5, 0.6) is 0 Å². The van der Waals surface area contributed by atoms with E-state index in [9.17, 15) is 19.2 Å². The zero-order valence-corrected chi connectivity index (χ0v) is 22.1. The highest BCUT2D eigenvalue weighted by Crippen LogP contribution is 2.24. The molecule has 0 spiro atoms. The van der Waals surface area contributed by atoms with E-state index in [1.165, 1.54) is 0 Å². The van der Waals surface area contributed by atoms with Gasteiger partial charge in [0.05, 0.1) is 47.5 Å². The normalized spacial score (nSPS) is 11.4. The van der Waals surface area contributed by atoms with Crippen LogP contribution in [-0.2, 0) is 25.6 Å². The number of esters is 3. The summed E-state index contributed by atoms with van der Waals surface area (Å²) in [6, 6.07) is 14.8. The average molecular weight is 541 g/mol. The van der Waals surface area contributed by atoms with E-state index in [-0.39, 0.29) is 53.8 Å². The molecule has 10 heteroatoms. The number of benzene rings is 2. The molecule has 0 aliphatic carbocycles. The molecule has 0 saturated carbocycles. The van der Waals surface area contributed by atoms with E-state index in [0.717, 1.165) is 0 Å². The van der Waals surface area contributed by atoms with Crippen molar-refractivity contribution in [3.8, 4) is 0 Å². The van der Waals surface area contributed by atoms with E-state index in [0.29, 0.717) is 11.1 Å². The summed E-state index contributed by atoms with van der Waals surface area (Å²) >= 11 is 6.16. The van der Waals surface area contributed by atoms with Crippen molar-refractivity contribution in [2.75, 3.05) is 13.2 Å². The van der Waals surface area contributed by atoms with Gasteiger partial charge in [0, 0.05) is 0 Å². The van der Waals surface area contributed by atoms with E-state index < -0.39 is 29.9 Å². The van der Waals surface area contributed by atoms with E-state index in [1.54, 1.807) is 69.3 Å². The van der Waals surface area contributed by atoms with Gasteiger partial charge in [0.15, 0.2) is 0 Å². The number of rotatable bonds is 11. The smallest absolute Gasteiger partial charge is 0.355 e. The minimum absolute atomic E-state index is 0.0788. The largest absolute Gasteiger partial charge is 0.462 e. The van der Waals surface area contributed by atoms with Crippen molar-refractivity contribution in [3.05, 3.63) is 93.3 Å². The van der Waals surface area contributed by atoms with Gasteiger partial charge in [-0.05, 0) is 44.0 Å². The lowest BCUT2D eigenvalue weighted by Crippen LogP contribution is -2.30. The van der Waals surface area contributed by atoms with E-state index in [2.05, 4.69) is 10.3 Å². The Hall–Kier alpha value is -4.11. The van der Waals surface area contributed by atoms with Gasteiger partial charge in [-0.25, -0.2) is 9.59 Å². The minimum Gasteiger partial charge on any atom is -0.462 e. The van der Waals surface area contributed by atoms with Gasteiger partial charge in [-0.1, -0.05) is 54.1 Å². The van der Waals surface area contributed by atoms with Crippen LogP contribution in [-0.4, -0.2) is 42.0 Å². The molecule has 9 nitrogen and oxygen atoms in total. The molecule has 0 aliphatic heterocycles. The van der Waals surface area contributed by atoms with Gasteiger partial charge in [-0.2, -0.15) is 0 Å². The molecule has 38 heavy (non-hydrogen) atoms. The fraction of sp³-hybridized carbons (Fsp3) is 0.286. The SMILES string of the molecule is CCOC(=O)c1[nH]c(COC(=O)C[C@H](NC(=O)c2ccccc2Cl)c2ccccc2)c(C(=O)OCC)c1C. The van der Waals surface area contributed by atoms with Crippen LogP contribution >= 0.6 is 11.6 Å². The second-order valence-corrected chi connectivity index (χ2v) is 8.61. The van der Waals surface area contributed by atoms with Crippen molar-refractivity contribution in [3.63, 3.8) is 0 Å². The molecule has 0 aliphatic rings. The van der Waals surface area contributed by atoms with Crippen molar-refractivity contribution in [2.24, 2.45) is 0 Å². The third kappa shape index (κ3) is 7.01. The number of hydrogen-bond donors (Lipinski definition) is 2. The first-order valence-corrected chi connectivity index (χ1v) is 12.5. The van der Waals surface area contributed by atoms with Crippen LogP contribution in [0.4, 0.5) is 0 Å². The highest BCUT2D eigenvalue weighted by Gasteiger charge is 2.27. The monoisotopic (exact) mass is 540 g/mol. The number of hydrogen-bond acceptors (Lipinski definition) is 7. The lowest BCUT2D eigenvalue weighted by Gasteiger charge is -2.19. The number of nitrogens with one attached hydrogen (secondary N) is 2. The first-order chi connectivity index (χ1) is 18.3. The maximum Gasteiger partial charge on any atom is 0.355 e. The highest BCUT2D eigenvalue weighted by molar-refractivity contribution is 6.33. The maximum absolute atomic E-state index is 12.9. The lowest BCUT2D eigenvalue weighted by molar-refractivity contribution is -0.145. The van der Waals surface area contributed by atoms with Gasteiger partial charge < -0.3 is 24.5 Å². The number of aromatic nitrogens is 1. The summed E-state index contributed by atoms with van der Waals surface area (Å²) in [5, 5.41) is 3.12. The van der Waals surface area contributed by atoms with E-state index in [1.807, 2.05) is 6.07 Å². The van der Waals surface area contributed by atoms with Crippen LogP contribution in [0.15, 0.2) is 54.6 Å². The Bertz CT molecular complexity index is 1300. The van der Waals surface area contributed by atoms with Crippen LogP contribution in [0.3, 0.4) is 0 Å². The molecule has 0 fully saturated rings. The third-order valence-corrected chi connectivity index (χ3v) is 5.99. The van der Waals surface area contributed by atoms with Crippen molar-refractivity contribution < 1.29 is 33.4 Å². The summed E-state index contributed by atoms with van der Waals surface area (Å²) in [5.41, 5.74) is 1.69. The second kappa shape index (κ2) is 13.4. The average Bonchev–Trinajstić information content (AvgIpc) is 3.24. The van der Waals surface area contributed by atoms with Crippen molar-refractivity contribution in [1.82, 2.24) is 10.3 Å². The second-order valence-electron chi connectivity index (χ2n) is 8.20. The van der Waals surface area contributed by atoms with Crippen LogP contribution in [0.2, 0.25) is 5.02 Å². The van der Waals surface area contributed by atoms with Gasteiger partial charge in [-0.3, -0.25) is 9.59 Å². The Morgan fingerprint density at radius 3 is 2.18 bits per heavy atom. The lowest BCUT2D eigenvalue weighted by atomic mass is 10.0. The molecule has 0 unspecified atom stereocenters. The van der Waals surface area contributed by atoms with Crippen LogP contribution in [0.25, 0.3) is 0 Å². The molecular formula is C28H29ClN2O7. The number of ether oxygens (including phenoxy) is 3. The fourth-order valence-electron chi connectivity index (χ4n) is 3.85. The molecule has 1 atom stereocenters. The summed E-state index contributed by atoms with van der Waals surface area (Å²) in [5.74, 6) is -2.38. The molecule has 1 heterocycles. The molecule has 0 saturated heterocycles. The Kier molecular flexibility index (Phi) is 10.1. The highest BCUT2D eigenvalue weighted by atomic mass is 35.5.